The third-order valence-corrected chi connectivity index (χ3v) is 4.55. The second kappa shape index (κ2) is 10.4. The van der Waals surface area contributed by atoms with E-state index in [2.05, 4.69) is 20.8 Å². The number of fused-ring (bicyclic) bond motifs is 1. The average molecular weight is 395 g/mol. The molecule has 1 aliphatic rings. The highest BCUT2D eigenvalue weighted by molar-refractivity contribution is 6.04. The molecule has 0 spiro atoms. The fourth-order valence-corrected chi connectivity index (χ4v) is 3.01. The van der Waals surface area contributed by atoms with E-state index in [4.69, 9.17) is 9.47 Å². The molecule has 0 fully saturated rings. The van der Waals surface area contributed by atoms with Gasteiger partial charge in [-0.25, -0.2) is 0 Å². The maximum atomic E-state index is 12.7. The summed E-state index contributed by atoms with van der Waals surface area (Å²) in [5.74, 6) is -0.191. The van der Waals surface area contributed by atoms with Gasteiger partial charge in [0.25, 0.3) is 5.91 Å². The van der Waals surface area contributed by atoms with E-state index in [1.807, 2.05) is 32.0 Å². The van der Waals surface area contributed by atoms with Crippen LogP contribution in [0.2, 0.25) is 0 Å². The summed E-state index contributed by atoms with van der Waals surface area (Å²) in [6, 6.07) is 5.83. The number of H-pyrrole nitrogens is 1. The number of nitrogens with zero attached hydrogens (tertiary/aromatic N) is 1. The highest BCUT2D eigenvalue weighted by atomic mass is 35.5. The molecule has 2 aromatic rings. The van der Waals surface area contributed by atoms with Crippen LogP contribution in [0.5, 0.6) is 0 Å². The van der Waals surface area contributed by atoms with Gasteiger partial charge in [-0.1, -0.05) is 12.1 Å². The zero-order valence-electron chi connectivity index (χ0n) is 15.8. The Morgan fingerprint density at radius 2 is 2.11 bits per heavy atom. The number of aromatic amines is 1. The molecule has 8 heteroatoms. The smallest absolute Gasteiger partial charge is 0.276 e. The Hall–Kier alpha value is -1.93. The lowest BCUT2D eigenvalue weighted by Gasteiger charge is -2.14. The van der Waals surface area contributed by atoms with Gasteiger partial charge in [-0.05, 0) is 31.0 Å². The molecular formula is C19H27ClN4O3. The Balaban J connectivity index is 0.00000261. The Kier molecular flexibility index (Phi) is 8.24. The van der Waals surface area contributed by atoms with Crippen molar-refractivity contribution in [3.8, 4) is 0 Å². The van der Waals surface area contributed by atoms with Gasteiger partial charge in [-0.2, -0.15) is 5.10 Å². The highest BCUT2D eigenvalue weighted by Gasteiger charge is 2.22. The number of aromatic nitrogens is 2. The SMILES string of the molecule is CCOCCOCc1cccc(NC(=O)c2n[nH]c3c2CNCC3)c1C.Cl. The van der Waals surface area contributed by atoms with Crippen LogP contribution in [0.3, 0.4) is 0 Å². The largest absolute Gasteiger partial charge is 0.379 e. The van der Waals surface area contributed by atoms with Gasteiger partial charge < -0.3 is 20.1 Å². The number of carbonyl (C=O) groups excluding carboxylic acids is 1. The third-order valence-electron chi connectivity index (χ3n) is 4.55. The minimum Gasteiger partial charge on any atom is -0.379 e. The number of hydrogen-bond acceptors (Lipinski definition) is 5. The van der Waals surface area contributed by atoms with Gasteiger partial charge in [-0.15, -0.1) is 12.4 Å². The summed E-state index contributed by atoms with van der Waals surface area (Å²) in [6.07, 6.45) is 0.864. The van der Waals surface area contributed by atoms with Crippen LogP contribution in [-0.2, 0) is 29.0 Å². The Labute approximate surface area is 165 Å². The molecule has 3 rings (SSSR count). The maximum absolute atomic E-state index is 12.7. The Bertz CT molecular complexity index is 763. The summed E-state index contributed by atoms with van der Waals surface area (Å²) < 4.78 is 10.9. The second-order valence-corrected chi connectivity index (χ2v) is 6.25. The van der Waals surface area contributed by atoms with Gasteiger partial charge in [-0.3, -0.25) is 9.89 Å². The number of ether oxygens (including phenoxy) is 2. The molecule has 0 atom stereocenters. The fourth-order valence-electron chi connectivity index (χ4n) is 3.01. The minimum absolute atomic E-state index is 0. The standard InChI is InChI=1S/C19H26N4O3.ClH/c1-3-25-9-10-26-12-14-5-4-6-16(13(14)2)21-19(24)18-15-11-20-8-7-17(15)22-23-18;/h4-6,20H,3,7-12H2,1-2H3,(H,21,24)(H,22,23);1H. The molecule has 148 valence electrons. The first-order valence-electron chi connectivity index (χ1n) is 9.02. The van der Waals surface area contributed by atoms with E-state index in [1.165, 1.54) is 0 Å². The third kappa shape index (κ3) is 5.29. The molecule has 0 bridgehead atoms. The lowest BCUT2D eigenvalue weighted by Crippen LogP contribution is -2.25. The Morgan fingerprint density at radius 1 is 1.30 bits per heavy atom. The molecule has 0 radical (unpaired) electrons. The van der Waals surface area contributed by atoms with E-state index in [0.717, 1.165) is 41.0 Å². The number of amides is 1. The molecule has 7 nitrogen and oxygen atoms in total. The van der Waals surface area contributed by atoms with Crippen LogP contribution in [0, 0.1) is 6.92 Å². The van der Waals surface area contributed by atoms with Crippen molar-refractivity contribution in [2.24, 2.45) is 0 Å². The predicted octanol–water partition coefficient (Wildman–Crippen LogP) is 2.59. The number of rotatable bonds is 8. The van der Waals surface area contributed by atoms with Crippen molar-refractivity contribution in [3.63, 3.8) is 0 Å². The molecule has 0 saturated carbocycles. The van der Waals surface area contributed by atoms with Crippen molar-refractivity contribution in [1.29, 1.82) is 0 Å². The van der Waals surface area contributed by atoms with Crippen LogP contribution in [-0.4, -0.2) is 42.5 Å². The summed E-state index contributed by atoms with van der Waals surface area (Å²) in [4.78, 5) is 12.7. The zero-order valence-corrected chi connectivity index (χ0v) is 16.6. The topological polar surface area (TPSA) is 88.3 Å². The molecule has 2 heterocycles. The molecule has 3 N–H and O–H groups in total. The van der Waals surface area contributed by atoms with Crippen molar-refractivity contribution in [2.75, 3.05) is 31.7 Å². The highest BCUT2D eigenvalue weighted by Crippen LogP contribution is 2.22. The van der Waals surface area contributed by atoms with Crippen LogP contribution < -0.4 is 10.6 Å². The van der Waals surface area contributed by atoms with E-state index in [-0.39, 0.29) is 18.3 Å². The van der Waals surface area contributed by atoms with Crippen molar-refractivity contribution in [3.05, 3.63) is 46.3 Å². The van der Waals surface area contributed by atoms with Gasteiger partial charge in [0.15, 0.2) is 5.69 Å². The van der Waals surface area contributed by atoms with Gasteiger partial charge in [0, 0.05) is 43.1 Å². The van der Waals surface area contributed by atoms with Crippen LogP contribution in [0.4, 0.5) is 5.69 Å². The molecule has 27 heavy (non-hydrogen) atoms. The van der Waals surface area contributed by atoms with E-state index < -0.39 is 0 Å². The van der Waals surface area contributed by atoms with Gasteiger partial charge >= 0.3 is 0 Å². The normalized spacial score (nSPS) is 13.0. The van der Waals surface area contributed by atoms with Gasteiger partial charge in [0.1, 0.15) is 0 Å². The molecule has 0 aliphatic carbocycles. The summed E-state index contributed by atoms with van der Waals surface area (Å²) in [5, 5.41) is 13.5. The van der Waals surface area contributed by atoms with Crippen LogP contribution in [0.25, 0.3) is 0 Å². The van der Waals surface area contributed by atoms with Crippen LogP contribution in [0.15, 0.2) is 18.2 Å². The average Bonchev–Trinajstić information content (AvgIpc) is 3.08. The van der Waals surface area contributed by atoms with Crippen molar-refractivity contribution >= 4 is 24.0 Å². The number of nitrogens with one attached hydrogen (secondary N) is 3. The molecular weight excluding hydrogens is 368 g/mol. The van der Waals surface area contributed by atoms with Crippen LogP contribution in [0.1, 0.15) is 39.8 Å². The van der Waals surface area contributed by atoms with Gasteiger partial charge in [0.2, 0.25) is 0 Å². The fraction of sp³-hybridized carbons (Fsp3) is 0.474. The van der Waals surface area contributed by atoms with E-state index in [9.17, 15) is 4.79 Å². The molecule has 1 amide bonds. The van der Waals surface area contributed by atoms with Gasteiger partial charge in [0.05, 0.1) is 19.8 Å². The summed E-state index contributed by atoms with van der Waals surface area (Å²) >= 11 is 0. The number of halogens is 1. The molecule has 1 aromatic heterocycles. The molecule has 1 aliphatic heterocycles. The summed E-state index contributed by atoms with van der Waals surface area (Å²) in [7, 11) is 0. The number of anilines is 1. The molecule has 0 saturated heterocycles. The van der Waals surface area contributed by atoms with Crippen molar-refractivity contribution in [2.45, 2.75) is 33.4 Å². The number of benzene rings is 1. The second-order valence-electron chi connectivity index (χ2n) is 6.25. The number of carbonyl (C=O) groups is 1. The molecule has 1 aromatic carbocycles. The van der Waals surface area contributed by atoms with Crippen LogP contribution >= 0.6 is 12.4 Å². The molecule has 0 unspecified atom stereocenters. The quantitative estimate of drug-likeness (QED) is 0.599. The first-order valence-corrected chi connectivity index (χ1v) is 9.02. The monoisotopic (exact) mass is 394 g/mol. The predicted molar refractivity (Wildman–Crippen MR) is 107 cm³/mol. The zero-order chi connectivity index (χ0) is 18.4. The first kappa shape index (κ1) is 21.4. The first-order chi connectivity index (χ1) is 12.7. The minimum atomic E-state index is -0.191. The number of hydrogen-bond donors (Lipinski definition) is 3. The maximum Gasteiger partial charge on any atom is 0.276 e. The lowest BCUT2D eigenvalue weighted by atomic mass is 10.1. The van der Waals surface area contributed by atoms with E-state index in [1.54, 1.807) is 0 Å². The summed E-state index contributed by atoms with van der Waals surface area (Å²) in [6.45, 7) is 7.84. The van der Waals surface area contributed by atoms with E-state index >= 15 is 0 Å². The van der Waals surface area contributed by atoms with Crippen molar-refractivity contribution in [1.82, 2.24) is 15.5 Å². The van der Waals surface area contributed by atoms with Crippen molar-refractivity contribution < 1.29 is 14.3 Å². The summed E-state index contributed by atoms with van der Waals surface area (Å²) in [5.41, 5.74) is 5.29. The van der Waals surface area contributed by atoms with E-state index in [0.29, 0.717) is 38.7 Å². The Morgan fingerprint density at radius 3 is 2.93 bits per heavy atom. The lowest BCUT2D eigenvalue weighted by molar-refractivity contribution is 0.0451.